The molecule has 1 aliphatic heterocycles. The summed E-state index contributed by atoms with van der Waals surface area (Å²) in [5.74, 6) is -0.981. The van der Waals surface area contributed by atoms with Gasteiger partial charge in [-0.15, -0.1) is 0 Å². The monoisotopic (exact) mass is 270 g/mol. The lowest BCUT2D eigenvalue weighted by atomic mass is 10.0. The van der Waals surface area contributed by atoms with Gasteiger partial charge in [-0.3, -0.25) is 9.59 Å². The van der Waals surface area contributed by atoms with E-state index in [-0.39, 0.29) is 42.4 Å². The summed E-state index contributed by atoms with van der Waals surface area (Å²) in [5, 5.41) is 2.48. The molecule has 8 heteroatoms. The van der Waals surface area contributed by atoms with E-state index in [1.165, 1.54) is 13.8 Å². The van der Waals surface area contributed by atoms with Crippen LogP contribution in [0.25, 0.3) is 0 Å². The van der Waals surface area contributed by atoms with Gasteiger partial charge in [-0.05, 0) is 25.6 Å². The van der Waals surface area contributed by atoms with E-state index in [1.807, 2.05) is 0 Å². The lowest BCUT2D eigenvalue weighted by Crippen LogP contribution is -2.64. The molecule has 0 aromatic heterocycles. The normalized spacial score (nSPS) is 20.4. The summed E-state index contributed by atoms with van der Waals surface area (Å²) in [6, 6.07) is 0. The molecule has 1 saturated heterocycles. The molecule has 0 saturated carbocycles. The molecule has 1 fully saturated rings. The molecule has 17 heavy (non-hydrogen) atoms. The van der Waals surface area contributed by atoms with Crippen molar-refractivity contribution in [2.24, 2.45) is 0 Å². The first-order valence-corrected chi connectivity index (χ1v) is 5.91. The highest BCUT2D eigenvalue weighted by atomic mass is 32.2. The van der Waals surface area contributed by atoms with Crippen LogP contribution in [0.3, 0.4) is 0 Å². The maximum absolute atomic E-state index is 11.9. The molecular formula is C9H13F3N2O2S. The van der Waals surface area contributed by atoms with Gasteiger partial charge < -0.3 is 10.2 Å². The van der Waals surface area contributed by atoms with Gasteiger partial charge in [0.05, 0.1) is 6.54 Å². The van der Waals surface area contributed by atoms with Crippen molar-refractivity contribution in [1.29, 1.82) is 0 Å². The van der Waals surface area contributed by atoms with E-state index in [1.54, 1.807) is 0 Å². The predicted molar refractivity (Wildman–Crippen MR) is 57.3 cm³/mol. The molecule has 2 amide bonds. The third-order valence-corrected chi connectivity index (χ3v) is 2.95. The summed E-state index contributed by atoms with van der Waals surface area (Å²) < 4.78 is 35.7. The molecule has 1 heterocycles. The standard InChI is InChI=1S/C9H13F3N2O2S/c1-8(2)7(16)14(5-6(15)13-8)3-4-17-9(10,11)12/h3-5H2,1-2H3,(H,13,15). The van der Waals surface area contributed by atoms with Crippen LogP contribution in [0.5, 0.6) is 0 Å². The van der Waals surface area contributed by atoms with E-state index in [2.05, 4.69) is 5.32 Å². The third-order valence-electron chi connectivity index (χ3n) is 2.24. The minimum Gasteiger partial charge on any atom is -0.341 e. The Hall–Kier alpha value is -0.920. The molecule has 0 unspecified atom stereocenters. The van der Waals surface area contributed by atoms with Gasteiger partial charge in [-0.2, -0.15) is 13.2 Å². The van der Waals surface area contributed by atoms with Crippen LogP contribution in [0, 0.1) is 0 Å². The van der Waals surface area contributed by atoms with E-state index >= 15 is 0 Å². The van der Waals surface area contributed by atoms with Crippen molar-refractivity contribution in [3.05, 3.63) is 0 Å². The van der Waals surface area contributed by atoms with Crippen molar-refractivity contribution in [1.82, 2.24) is 10.2 Å². The van der Waals surface area contributed by atoms with Crippen LogP contribution >= 0.6 is 11.8 Å². The van der Waals surface area contributed by atoms with Crippen molar-refractivity contribution in [2.45, 2.75) is 24.9 Å². The zero-order valence-corrected chi connectivity index (χ0v) is 10.2. The van der Waals surface area contributed by atoms with Crippen molar-refractivity contribution >= 4 is 23.6 Å². The Kier molecular flexibility index (Phi) is 3.95. The molecule has 0 bridgehead atoms. The summed E-state index contributed by atoms with van der Waals surface area (Å²) in [5.41, 5.74) is -5.35. The Bertz CT molecular complexity index is 331. The summed E-state index contributed by atoms with van der Waals surface area (Å²) in [6.07, 6.45) is 0. The largest absolute Gasteiger partial charge is 0.441 e. The second kappa shape index (κ2) is 4.75. The minimum absolute atomic E-state index is 0.0835. The number of hydrogen-bond acceptors (Lipinski definition) is 3. The Balaban J connectivity index is 2.53. The average Bonchev–Trinajstić information content (AvgIpc) is 2.10. The molecule has 0 aromatic carbocycles. The van der Waals surface area contributed by atoms with Gasteiger partial charge in [0.1, 0.15) is 5.54 Å². The van der Waals surface area contributed by atoms with Crippen LogP contribution in [0.2, 0.25) is 0 Å². The number of rotatable bonds is 3. The number of carbonyl (C=O) groups excluding carboxylic acids is 2. The average molecular weight is 270 g/mol. The van der Waals surface area contributed by atoms with E-state index in [9.17, 15) is 22.8 Å². The second-order valence-electron chi connectivity index (χ2n) is 4.19. The van der Waals surface area contributed by atoms with Gasteiger partial charge in [0, 0.05) is 12.3 Å². The molecule has 1 aliphatic rings. The highest BCUT2D eigenvalue weighted by molar-refractivity contribution is 8.00. The molecule has 0 aromatic rings. The highest BCUT2D eigenvalue weighted by Gasteiger charge is 2.39. The van der Waals surface area contributed by atoms with Crippen molar-refractivity contribution in [3.63, 3.8) is 0 Å². The zero-order valence-electron chi connectivity index (χ0n) is 9.43. The molecule has 1 rings (SSSR count). The maximum atomic E-state index is 11.9. The summed E-state index contributed by atoms with van der Waals surface area (Å²) in [7, 11) is 0. The van der Waals surface area contributed by atoms with Crippen LogP contribution in [-0.4, -0.2) is 46.6 Å². The van der Waals surface area contributed by atoms with Crippen LogP contribution in [-0.2, 0) is 9.59 Å². The van der Waals surface area contributed by atoms with Crippen LogP contribution in [0.1, 0.15) is 13.8 Å². The quantitative estimate of drug-likeness (QED) is 0.831. The fraction of sp³-hybridized carbons (Fsp3) is 0.778. The molecule has 0 aliphatic carbocycles. The third kappa shape index (κ3) is 4.10. The minimum atomic E-state index is -4.31. The smallest absolute Gasteiger partial charge is 0.341 e. The van der Waals surface area contributed by atoms with Crippen LogP contribution in [0.15, 0.2) is 0 Å². The number of nitrogens with one attached hydrogen (secondary N) is 1. The van der Waals surface area contributed by atoms with E-state index in [0.29, 0.717) is 0 Å². The number of thioether (sulfide) groups is 1. The number of carbonyl (C=O) groups is 2. The van der Waals surface area contributed by atoms with Gasteiger partial charge in [-0.1, -0.05) is 0 Å². The van der Waals surface area contributed by atoms with Gasteiger partial charge >= 0.3 is 5.51 Å². The maximum Gasteiger partial charge on any atom is 0.441 e. The zero-order chi connectivity index (χ0) is 13.3. The van der Waals surface area contributed by atoms with Crippen molar-refractivity contribution < 1.29 is 22.8 Å². The number of hydrogen-bond donors (Lipinski definition) is 1. The van der Waals surface area contributed by atoms with E-state index < -0.39 is 11.0 Å². The fourth-order valence-corrected chi connectivity index (χ4v) is 2.08. The van der Waals surface area contributed by atoms with Crippen LogP contribution < -0.4 is 5.32 Å². The molecule has 4 nitrogen and oxygen atoms in total. The van der Waals surface area contributed by atoms with E-state index in [4.69, 9.17) is 0 Å². The fourth-order valence-electron chi connectivity index (χ4n) is 1.53. The highest BCUT2D eigenvalue weighted by Crippen LogP contribution is 2.30. The Labute approximate surface area is 101 Å². The van der Waals surface area contributed by atoms with Gasteiger partial charge in [0.15, 0.2) is 0 Å². The Morgan fingerprint density at radius 2 is 2.00 bits per heavy atom. The predicted octanol–water partition coefficient (Wildman–Crippen LogP) is 0.976. The van der Waals surface area contributed by atoms with E-state index in [0.717, 1.165) is 4.90 Å². The van der Waals surface area contributed by atoms with Gasteiger partial charge in [0.2, 0.25) is 11.8 Å². The number of piperazine rings is 1. The summed E-state index contributed by atoms with van der Waals surface area (Å²) in [6.45, 7) is 2.78. The molecule has 0 radical (unpaired) electrons. The summed E-state index contributed by atoms with van der Waals surface area (Å²) in [4.78, 5) is 24.2. The topological polar surface area (TPSA) is 49.4 Å². The van der Waals surface area contributed by atoms with Crippen LogP contribution in [0.4, 0.5) is 13.2 Å². The summed E-state index contributed by atoms with van der Waals surface area (Å²) >= 11 is -0.195. The molecule has 1 N–H and O–H groups in total. The Morgan fingerprint density at radius 3 is 2.53 bits per heavy atom. The van der Waals surface area contributed by atoms with Gasteiger partial charge in [0.25, 0.3) is 0 Å². The number of halogens is 3. The second-order valence-corrected chi connectivity index (χ2v) is 5.35. The first-order chi connectivity index (χ1) is 7.62. The molecule has 0 atom stereocenters. The molecule has 0 spiro atoms. The lowest BCUT2D eigenvalue weighted by molar-refractivity contribution is -0.148. The first-order valence-electron chi connectivity index (χ1n) is 4.93. The van der Waals surface area contributed by atoms with Gasteiger partial charge in [-0.25, -0.2) is 0 Å². The number of amides is 2. The molecular weight excluding hydrogens is 257 g/mol. The first kappa shape index (κ1) is 14.1. The number of alkyl halides is 3. The Morgan fingerprint density at radius 1 is 1.41 bits per heavy atom. The van der Waals surface area contributed by atoms with Crippen molar-refractivity contribution in [2.75, 3.05) is 18.8 Å². The molecule has 98 valence electrons. The lowest BCUT2D eigenvalue weighted by Gasteiger charge is -2.37. The SMILES string of the molecule is CC1(C)NC(=O)CN(CCSC(F)(F)F)C1=O. The van der Waals surface area contributed by atoms with Crippen molar-refractivity contribution in [3.8, 4) is 0 Å². The number of nitrogens with zero attached hydrogens (tertiary/aromatic N) is 1.